The Morgan fingerprint density at radius 3 is 2.75 bits per heavy atom. The van der Waals surface area contributed by atoms with Crippen LogP contribution < -0.4 is 10.5 Å². The van der Waals surface area contributed by atoms with Crippen molar-refractivity contribution in [1.29, 1.82) is 0 Å². The first-order chi connectivity index (χ1) is 7.58. The van der Waals surface area contributed by atoms with E-state index < -0.39 is 12.1 Å². The van der Waals surface area contributed by atoms with Crippen molar-refractivity contribution in [3.63, 3.8) is 0 Å². The second-order valence-corrected chi connectivity index (χ2v) is 4.18. The third kappa shape index (κ3) is 3.21. The van der Waals surface area contributed by atoms with Crippen LogP contribution in [0.1, 0.15) is 18.9 Å². The van der Waals surface area contributed by atoms with E-state index in [1.165, 1.54) is 0 Å². The summed E-state index contributed by atoms with van der Waals surface area (Å²) in [5.74, 6) is -0.441. The maximum atomic E-state index is 10.8. The summed E-state index contributed by atoms with van der Waals surface area (Å²) in [6, 6.07) is 5.36. The predicted molar refractivity (Wildman–Crippen MR) is 64.4 cm³/mol. The van der Waals surface area contributed by atoms with Crippen LogP contribution in [0.3, 0.4) is 0 Å². The van der Waals surface area contributed by atoms with Gasteiger partial charge in [-0.05, 0) is 40.0 Å². The van der Waals surface area contributed by atoms with Gasteiger partial charge in [0.2, 0.25) is 0 Å². The van der Waals surface area contributed by atoms with Crippen molar-refractivity contribution in [2.45, 2.75) is 26.0 Å². The molecular weight excluding hydrogens is 274 g/mol. The summed E-state index contributed by atoms with van der Waals surface area (Å²) >= 11 is 3.32. The first-order valence-electron chi connectivity index (χ1n) is 4.96. The van der Waals surface area contributed by atoms with Gasteiger partial charge >= 0.3 is 5.97 Å². The summed E-state index contributed by atoms with van der Waals surface area (Å²) in [5, 5.41) is 8.87. The number of hydrogen-bond acceptors (Lipinski definition) is 3. The lowest BCUT2D eigenvalue weighted by atomic mass is 10.2. The SMILES string of the molecule is CCC(Oc1ccc(CN)cc1Br)C(=O)O. The van der Waals surface area contributed by atoms with E-state index in [2.05, 4.69) is 15.9 Å². The van der Waals surface area contributed by atoms with Gasteiger partial charge in [0.25, 0.3) is 0 Å². The summed E-state index contributed by atoms with van der Waals surface area (Å²) in [7, 11) is 0. The average molecular weight is 288 g/mol. The number of nitrogens with two attached hydrogens (primary N) is 1. The fourth-order valence-electron chi connectivity index (χ4n) is 1.23. The molecule has 3 N–H and O–H groups in total. The van der Waals surface area contributed by atoms with Gasteiger partial charge in [-0.15, -0.1) is 0 Å². The van der Waals surface area contributed by atoms with Crippen molar-refractivity contribution in [2.75, 3.05) is 0 Å². The Hall–Kier alpha value is -1.07. The van der Waals surface area contributed by atoms with Gasteiger partial charge in [0.1, 0.15) is 5.75 Å². The predicted octanol–water partition coefficient (Wildman–Crippen LogP) is 2.15. The van der Waals surface area contributed by atoms with Gasteiger partial charge in [-0.25, -0.2) is 4.79 Å². The van der Waals surface area contributed by atoms with Crippen molar-refractivity contribution >= 4 is 21.9 Å². The average Bonchev–Trinajstić information content (AvgIpc) is 2.26. The number of ether oxygens (including phenoxy) is 1. The van der Waals surface area contributed by atoms with Gasteiger partial charge in [-0.3, -0.25) is 0 Å². The van der Waals surface area contributed by atoms with E-state index in [1.807, 2.05) is 12.1 Å². The molecule has 1 rings (SSSR count). The van der Waals surface area contributed by atoms with Gasteiger partial charge in [0.05, 0.1) is 4.47 Å². The van der Waals surface area contributed by atoms with Crippen LogP contribution in [0.5, 0.6) is 5.75 Å². The minimum Gasteiger partial charge on any atom is -0.479 e. The fraction of sp³-hybridized carbons (Fsp3) is 0.364. The Labute approximate surface area is 103 Å². The molecular formula is C11H14BrNO3. The number of carboxylic acids is 1. The second-order valence-electron chi connectivity index (χ2n) is 3.32. The molecule has 16 heavy (non-hydrogen) atoms. The highest BCUT2D eigenvalue weighted by Crippen LogP contribution is 2.27. The van der Waals surface area contributed by atoms with Crippen LogP contribution in [0.15, 0.2) is 22.7 Å². The molecule has 0 radical (unpaired) electrons. The van der Waals surface area contributed by atoms with Crippen LogP contribution in [0.2, 0.25) is 0 Å². The molecule has 0 heterocycles. The Bertz CT molecular complexity index is 381. The molecule has 0 aliphatic carbocycles. The highest BCUT2D eigenvalue weighted by Gasteiger charge is 2.17. The number of carbonyl (C=O) groups is 1. The van der Waals surface area contributed by atoms with E-state index in [0.717, 1.165) is 10.0 Å². The molecule has 0 amide bonds. The highest BCUT2D eigenvalue weighted by molar-refractivity contribution is 9.10. The zero-order valence-electron chi connectivity index (χ0n) is 8.94. The van der Waals surface area contributed by atoms with Crippen molar-refractivity contribution in [3.8, 4) is 5.75 Å². The van der Waals surface area contributed by atoms with Crippen molar-refractivity contribution in [3.05, 3.63) is 28.2 Å². The lowest BCUT2D eigenvalue weighted by molar-refractivity contribution is -0.145. The van der Waals surface area contributed by atoms with Crippen molar-refractivity contribution < 1.29 is 14.6 Å². The molecule has 1 aromatic carbocycles. The van der Waals surface area contributed by atoms with Crippen LogP contribution >= 0.6 is 15.9 Å². The molecule has 5 heteroatoms. The normalized spacial score (nSPS) is 12.2. The first kappa shape index (κ1) is 13.0. The fourth-order valence-corrected chi connectivity index (χ4v) is 1.75. The first-order valence-corrected chi connectivity index (χ1v) is 5.75. The van der Waals surface area contributed by atoms with E-state index in [9.17, 15) is 4.79 Å². The van der Waals surface area contributed by atoms with Crippen LogP contribution in [-0.4, -0.2) is 17.2 Å². The van der Waals surface area contributed by atoms with Crippen molar-refractivity contribution in [1.82, 2.24) is 0 Å². The largest absolute Gasteiger partial charge is 0.479 e. The summed E-state index contributed by atoms with van der Waals surface area (Å²) in [6.07, 6.45) is -0.402. The number of hydrogen-bond donors (Lipinski definition) is 2. The van der Waals surface area contributed by atoms with E-state index in [4.69, 9.17) is 15.6 Å². The summed E-state index contributed by atoms with van der Waals surface area (Å²) in [6.45, 7) is 2.20. The Balaban J connectivity index is 2.84. The highest BCUT2D eigenvalue weighted by atomic mass is 79.9. The van der Waals surface area contributed by atoms with Crippen LogP contribution in [-0.2, 0) is 11.3 Å². The molecule has 0 saturated carbocycles. The van der Waals surface area contributed by atoms with Crippen LogP contribution in [0, 0.1) is 0 Å². The Morgan fingerprint density at radius 1 is 1.62 bits per heavy atom. The Morgan fingerprint density at radius 2 is 2.31 bits per heavy atom. The molecule has 1 aromatic rings. The van der Waals surface area contributed by atoms with Gasteiger partial charge in [-0.1, -0.05) is 13.0 Å². The van der Waals surface area contributed by atoms with E-state index >= 15 is 0 Å². The number of benzene rings is 1. The van der Waals surface area contributed by atoms with Gasteiger partial charge in [0, 0.05) is 6.54 Å². The van der Waals surface area contributed by atoms with E-state index in [0.29, 0.717) is 18.7 Å². The smallest absolute Gasteiger partial charge is 0.344 e. The topological polar surface area (TPSA) is 72.5 Å². The molecule has 0 aliphatic rings. The molecule has 0 aromatic heterocycles. The maximum Gasteiger partial charge on any atom is 0.344 e. The molecule has 4 nitrogen and oxygen atoms in total. The zero-order valence-corrected chi connectivity index (χ0v) is 10.5. The lowest BCUT2D eigenvalue weighted by Crippen LogP contribution is -2.26. The van der Waals surface area contributed by atoms with Crippen LogP contribution in [0.4, 0.5) is 0 Å². The number of rotatable bonds is 5. The zero-order chi connectivity index (χ0) is 12.1. The molecule has 0 spiro atoms. The number of aliphatic carboxylic acids is 1. The maximum absolute atomic E-state index is 10.8. The van der Waals surface area contributed by atoms with Crippen molar-refractivity contribution in [2.24, 2.45) is 5.73 Å². The standard InChI is InChI=1S/C11H14BrNO3/c1-2-9(11(14)15)16-10-4-3-7(6-13)5-8(10)12/h3-5,9H,2,6,13H2,1H3,(H,14,15). The summed E-state index contributed by atoms with van der Waals surface area (Å²) < 4.78 is 6.09. The van der Waals surface area contributed by atoms with E-state index in [1.54, 1.807) is 13.0 Å². The van der Waals surface area contributed by atoms with Gasteiger partial charge in [-0.2, -0.15) is 0 Å². The second kappa shape index (κ2) is 5.86. The monoisotopic (exact) mass is 287 g/mol. The number of halogens is 1. The van der Waals surface area contributed by atoms with Gasteiger partial charge in [0.15, 0.2) is 6.10 Å². The molecule has 0 bridgehead atoms. The summed E-state index contributed by atoms with van der Waals surface area (Å²) in [5.41, 5.74) is 6.45. The molecule has 0 fully saturated rings. The van der Waals surface area contributed by atoms with Crippen LogP contribution in [0.25, 0.3) is 0 Å². The number of carboxylic acid groups (broad SMARTS) is 1. The molecule has 0 aliphatic heterocycles. The third-order valence-electron chi connectivity index (χ3n) is 2.15. The summed E-state index contributed by atoms with van der Waals surface area (Å²) in [4.78, 5) is 10.8. The molecule has 0 saturated heterocycles. The minimum absolute atomic E-state index is 0.417. The van der Waals surface area contributed by atoms with Gasteiger partial charge < -0.3 is 15.6 Å². The molecule has 1 unspecified atom stereocenters. The lowest BCUT2D eigenvalue weighted by Gasteiger charge is -2.14. The molecule has 88 valence electrons. The Kier molecular flexibility index (Phi) is 4.76. The quantitative estimate of drug-likeness (QED) is 0.870. The minimum atomic E-state index is -0.961. The van der Waals surface area contributed by atoms with E-state index in [-0.39, 0.29) is 0 Å². The third-order valence-corrected chi connectivity index (χ3v) is 2.77. The molecule has 1 atom stereocenters.